The van der Waals surface area contributed by atoms with Crippen LogP contribution in [0.3, 0.4) is 0 Å². The number of hydrogen-bond donors (Lipinski definition) is 2. The predicted molar refractivity (Wildman–Crippen MR) is 75.8 cm³/mol. The average molecular weight is 304 g/mol. The molecule has 1 aromatic rings. The van der Waals surface area contributed by atoms with Gasteiger partial charge in [-0.3, -0.25) is 0 Å². The summed E-state index contributed by atoms with van der Waals surface area (Å²) in [6.45, 7) is 0.690. The van der Waals surface area contributed by atoms with E-state index >= 15 is 0 Å². The van der Waals surface area contributed by atoms with Crippen LogP contribution in [0.4, 0.5) is 0 Å². The van der Waals surface area contributed by atoms with E-state index in [1.807, 2.05) is 6.07 Å². The summed E-state index contributed by atoms with van der Waals surface area (Å²) >= 11 is 0. The first-order valence-corrected chi connectivity index (χ1v) is 7.63. The monoisotopic (exact) mass is 304 g/mol. The standard InChI is InChI=1S/C12H20N2O5S/c1-17-10-5-4-9(11(18-2)12(10)19-3)8-14-6-7-20(13,15)16/h4-5,14H,6-8H2,1-3H3,(H2,13,15,16). The van der Waals surface area contributed by atoms with E-state index in [4.69, 9.17) is 19.3 Å². The first-order valence-electron chi connectivity index (χ1n) is 5.92. The predicted octanol–water partition coefficient (Wildman–Crippen LogP) is 0.0905. The molecule has 0 aliphatic rings. The Hall–Kier alpha value is -1.51. The Morgan fingerprint density at radius 1 is 1.10 bits per heavy atom. The quantitative estimate of drug-likeness (QED) is 0.660. The summed E-state index contributed by atoms with van der Waals surface area (Å²) < 4.78 is 37.4. The van der Waals surface area contributed by atoms with E-state index < -0.39 is 10.0 Å². The van der Waals surface area contributed by atoms with E-state index in [2.05, 4.69) is 5.32 Å². The second-order valence-corrected chi connectivity index (χ2v) is 5.77. The van der Waals surface area contributed by atoms with Crippen molar-refractivity contribution in [2.45, 2.75) is 6.54 Å². The molecule has 0 aliphatic heterocycles. The van der Waals surface area contributed by atoms with Crippen molar-refractivity contribution in [2.75, 3.05) is 33.6 Å². The van der Waals surface area contributed by atoms with Gasteiger partial charge in [0.05, 0.1) is 27.1 Å². The molecule has 0 aliphatic carbocycles. The second-order valence-electron chi connectivity index (χ2n) is 4.04. The molecule has 20 heavy (non-hydrogen) atoms. The summed E-state index contributed by atoms with van der Waals surface area (Å²) in [5.74, 6) is 1.50. The lowest BCUT2D eigenvalue weighted by Crippen LogP contribution is -2.27. The minimum Gasteiger partial charge on any atom is -0.493 e. The Morgan fingerprint density at radius 3 is 2.25 bits per heavy atom. The molecule has 0 saturated carbocycles. The van der Waals surface area contributed by atoms with Crippen molar-refractivity contribution in [1.82, 2.24) is 5.32 Å². The van der Waals surface area contributed by atoms with Crippen LogP contribution in [-0.4, -0.2) is 42.0 Å². The molecule has 0 heterocycles. The molecule has 114 valence electrons. The molecule has 0 fully saturated rings. The Labute approximate surface area is 119 Å². The molecule has 0 radical (unpaired) electrons. The first-order chi connectivity index (χ1) is 9.42. The van der Waals surface area contributed by atoms with Crippen LogP contribution in [0.15, 0.2) is 12.1 Å². The van der Waals surface area contributed by atoms with Crippen LogP contribution in [0, 0.1) is 0 Å². The fourth-order valence-corrected chi connectivity index (χ4v) is 2.17. The third kappa shape index (κ3) is 4.55. The normalized spacial score (nSPS) is 11.2. The maximum Gasteiger partial charge on any atom is 0.210 e. The number of sulfonamides is 1. The van der Waals surface area contributed by atoms with E-state index in [0.717, 1.165) is 5.56 Å². The summed E-state index contributed by atoms with van der Waals surface area (Å²) in [6.07, 6.45) is 0. The molecule has 0 aromatic heterocycles. The van der Waals surface area contributed by atoms with Gasteiger partial charge in [-0.1, -0.05) is 6.07 Å². The van der Waals surface area contributed by atoms with Crippen LogP contribution in [0.25, 0.3) is 0 Å². The van der Waals surface area contributed by atoms with Crippen LogP contribution < -0.4 is 24.7 Å². The summed E-state index contributed by atoms with van der Waals surface area (Å²) in [7, 11) is 1.15. The van der Waals surface area contributed by atoms with Crippen LogP contribution in [0.5, 0.6) is 17.2 Å². The Morgan fingerprint density at radius 2 is 1.75 bits per heavy atom. The second kappa shape index (κ2) is 7.32. The van der Waals surface area contributed by atoms with Crippen LogP contribution >= 0.6 is 0 Å². The van der Waals surface area contributed by atoms with E-state index in [1.165, 1.54) is 14.2 Å². The van der Waals surface area contributed by atoms with Crippen LogP contribution in [0.2, 0.25) is 0 Å². The van der Waals surface area contributed by atoms with Gasteiger partial charge in [-0.2, -0.15) is 0 Å². The summed E-state index contributed by atoms with van der Waals surface area (Å²) in [5, 5.41) is 7.91. The van der Waals surface area contributed by atoms with Crippen molar-refractivity contribution >= 4 is 10.0 Å². The maximum atomic E-state index is 10.8. The zero-order valence-electron chi connectivity index (χ0n) is 11.8. The highest BCUT2D eigenvalue weighted by atomic mass is 32.2. The highest BCUT2D eigenvalue weighted by Gasteiger charge is 2.15. The number of benzene rings is 1. The number of primary sulfonamides is 1. The van der Waals surface area contributed by atoms with Crippen molar-refractivity contribution < 1.29 is 22.6 Å². The molecule has 3 N–H and O–H groups in total. The van der Waals surface area contributed by atoms with Gasteiger partial charge >= 0.3 is 0 Å². The molecular weight excluding hydrogens is 284 g/mol. The Bertz CT molecular complexity index is 545. The lowest BCUT2D eigenvalue weighted by Gasteiger charge is -2.16. The van der Waals surface area contributed by atoms with Gasteiger partial charge in [0.2, 0.25) is 15.8 Å². The number of ether oxygens (including phenoxy) is 3. The van der Waals surface area contributed by atoms with Gasteiger partial charge in [0.25, 0.3) is 0 Å². The molecule has 0 unspecified atom stereocenters. The lowest BCUT2D eigenvalue weighted by atomic mass is 10.1. The van der Waals surface area contributed by atoms with Crippen molar-refractivity contribution in [2.24, 2.45) is 5.14 Å². The minimum absolute atomic E-state index is 0.122. The van der Waals surface area contributed by atoms with Gasteiger partial charge in [-0.05, 0) is 6.07 Å². The van der Waals surface area contributed by atoms with E-state index in [0.29, 0.717) is 23.8 Å². The third-order valence-corrected chi connectivity index (χ3v) is 3.44. The number of nitrogens with one attached hydrogen (secondary N) is 1. The number of nitrogens with two attached hydrogens (primary N) is 1. The number of rotatable bonds is 8. The summed E-state index contributed by atoms with van der Waals surface area (Å²) in [4.78, 5) is 0. The first kappa shape index (κ1) is 16.5. The van der Waals surface area contributed by atoms with Crippen molar-refractivity contribution in [3.8, 4) is 17.2 Å². The number of hydrogen-bond acceptors (Lipinski definition) is 6. The molecule has 0 saturated heterocycles. The topological polar surface area (TPSA) is 99.9 Å². The van der Waals surface area contributed by atoms with Crippen LogP contribution in [0.1, 0.15) is 5.56 Å². The molecule has 1 aromatic carbocycles. The number of methoxy groups -OCH3 is 3. The zero-order chi connectivity index (χ0) is 15.2. The molecular formula is C12H20N2O5S. The van der Waals surface area contributed by atoms with Crippen molar-refractivity contribution in [3.05, 3.63) is 17.7 Å². The summed E-state index contributed by atoms with van der Waals surface area (Å²) in [6, 6.07) is 3.59. The molecule has 7 nitrogen and oxygen atoms in total. The minimum atomic E-state index is -3.46. The SMILES string of the molecule is COc1ccc(CNCCS(N)(=O)=O)c(OC)c1OC. The van der Waals surface area contributed by atoms with Gasteiger partial charge in [0.1, 0.15) is 0 Å². The zero-order valence-corrected chi connectivity index (χ0v) is 12.6. The largest absolute Gasteiger partial charge is 0.493 e. The maximum absolute atomic E-state index is 10.8. The third-order valence-electron chi connectivity index (χ3n) is 2.66. The average Bonchev–Trinajstić information content (AvgIpc) is 2.41. The molecule has 8 heteroatoms. The van der Waals surface area contributed by atoms with Crippen molar-refractivity contribution in [3.63, 3.8) is 0 Å². The van der Waals surface area contributed by atoms with Crippen molar-refractivity contribution in [1.29, 1.82) is 0 Å². The smallest absolute Gasteiger partial charge is 0.210 e. The van der Waals surface area contributed by atoms with E-state index in [9.17, 15) is 8.42 Å². The van der Waals surface area contributed by atoms with E-state index in [1.54, 1.807) is 13.2 Å². The van der Waals surface area contributed by atoms with Gasteiger partial charge in [0.15, 0.2) is 11.5 Å². The molecule has 0 amide bonds. The molecule has 0 bridgehead atoms. The van der Waals surface area contributed by atoms with Gasteiger partial charge < -0.3 is 19.5 Å². The molecule has 0 atom stereocenters. The fraction of sp³-hybridized carbons (Fsp3) is 0.500. The van der Waals surface area contributed by atoms with Gasteiger partial charge in [-0.25, -0.2) is 13.6 Å². The highest BCUT2D eigenvalue weighted by Crippen LogP contribution is 2.39. The summed E-state index contributed by atoms with van der Waals surface area (Å²) in [5.41, 5.74) is 0.833. The Kier molecular flexibility index (Phi) is 6.05. The molecule has 1 rings (SSSR count). The van der Waals surface area contributed by atoms with Gasteiger partial charge in [-0.15, -0.1) is 0 Å². The molecule has 0 spiro atoms. The lowest BCUT2D eigenvalue weighted by molar-refractivity contribution is 0.321. The highest BCUT2D eigenvalue weighted by molar-refractivity contribution is 7.89. The van der Waals surface area contributed by atoms with Gasteiger partial charge in [0, 0.05) is 18.7 Å². The van der Waals surface area contributed by atoms with E-state index in [-0.39, 0.29) is 12.3 Å². The van der Waals surface area contributed by atoms with Crippen LogP contribution in [-0.2, 0) is 16.6 Å². The Balaban J connectivity index is 2.80. The fourth-order valence-electron chi connectivity index (χ4n) is 1.74.